The largest absolute Gasteiger partial charge is 0.466 e. The van der Waals surface area contributed by atoms with E-state index in [9.17, 15) is 14.9 Å². The molecule has 0 aromatic carbocycles. The van der Waals surface area contributed by atoms with Gasteiger partial charge in [-0.2, -0.15) is 0 Å². The van der Waals surface area contributed by atoms with Gasteiger partial charge in [-0.15, -0.1) is 10.1 Å². The third-order valence-electron chi connectivity index (χ3n) is 2.59. The van der Waals surface area contributed by atoms with Crippen LogP contribution in [-0.2, 0) is 19.1 Å². The van der Waals surface area contributed by atoms with Gasteiger partial charge in [0, 0.05) is 7.11 Å². The van der Waals surface area contributed by atoms with Gasteiger partial charge in [-0.05, 0) is 19.8 Å². The molecule has 1 aliphatic carbocycles. The van der Waals surface area contributed by atoms with E-state index in [0.29, 0.717) is 13.0 Å². The molecule has 0 saturated heterocycles. The van der Waals surface area contributed by atoms with Gasteiger partial charge in [-0.25, -0.2) is 0 Å². The second-order valence-electron chi connectivity index (χ2n) is 3.56. The number of hydrogen-bond acceptors (Lipinski definition) is 6. The number of hydrogen-bond donors (Lipinski definition) is 0. The molecular formula is C9H15NO6. The third-order valence-corrected chi connectivity index (χ3v) is 2.59. The number of carbonyl (C=O) groups is 1. The van der Waals surface area contributed by atoms with E-state index in [1.54, 1.807) is 6.92 Å². The first kappa shape index (κ1) is 12.7. The molecule has 0 spiro atoms. The van der Waals surface area contributed by atoms with E-state index in [1.165, 1.54) is 7.11 Å². The van der Waals surface area contributed by atoms with Crippen LogP contribution in [0.1, 0.15) is 19.8 Å². The fourth-order valence-electron chi connectivity index (χ4n) is 1.88. The topological polar surface area (TPSA) is 87.9 Å². The second-order valence-corrected chi connectivity index (χ2v) is 3.56. The minimum absolute atomic E-state index is 0.262. The van der Waals surface area contributed by atoms with Crippen molar-refractivity contribution in [3.63, 3.8) is 0 Å². The Labute approximate surface area is 92.8 Å². The van der Waals surface area contributed by atoms with Crippen LogP contribution >= 0.6 is 0 Å². The summed E-state index contributed by atoms with van der Waals surface area (Å²) in [5.74, 6) is -0.728. The Morgan fingerprint density at radius 3 is 2.56 bits per heavy atom. The maximum absolute atomic E-state index is 11.4. The summed E-state index contributed by atoms with van der Waals surface area (Å²) in [5.41, 5.74) is 0. The van der Waals surface area contributed by atoms with Gasteiger partial charge in [-0.1, -0.05) is 0 Å². The molecule has 7 heteroatoms. The van der Waals surface area contributed by atoms with Crippen molar-refractivity contribution in [3.8, 4) is 0 Å². The number of esters is 1. The summed E-state index contributed by atoms with van der Waals surface area (Å²) in [4.78, 5) is 26.1. The van der Waals surface area contributed by atoms with E-state index in [1.807, 2.05) is 0 Å². The van der Waals surface area contributed by atoms with Crippen LogP contribution in [0.3, 0.4) is 0 Å². The molecule has 0 aromatic heterocycles. The van der Waals surface area contributed by atoms with Crippen LogP contribution < -0.4 is 0 Å². The number of carbonyl (C=O) groups excluding carboxylic acids is 1. The molecule has 92 valence electrons. The molecule has 16 heavy (non-hydrogen) atoms. The zero-order chi connectivity index (χ0) is 12.1. The summed E-state index contributed by atoms with van der Waals surface area (Å²) in [6.07, 6.45) is -0.458. The normalized spacial score (nSPS) is 28.8. The average Bonchev–Trinajstić information content (AvgIpc) is 2.60. The van der Waals surface area contributed by atoms with E-state index in [0.717, 1.165) is 0 Å². The Morgan fingerprint density at radius 2 is 2.06 bits per heavy atom. The lowest BCUT2D eigenvalue weighted by Crippen LogP contribution is -2.27. The van der Waals surface area contributed by atoms with Gasteiger partial charge in [0.1, 0.15) is 6.10 Å². The maximum Gasteiger partial charge on any atom is 0.309 e. The molecule has 1 saturated carbocycles. The fraction of sp³-hybridized carbons (Fsp3) is 0.889. The number of ether oxygens (including phenoxy) is 2. The molecule has 1 fully saturated rings. The van der Waals surface area contributed by atoms with Crippen molar-refractivity contribution in [2.75, 3.05) is 13.7 Å². The molecule has 0 radical (unpaired) electrons. The zero-order valence-electron chi connectivity index (χ0n) is 9.25. The summed E-state index contributed by atoms with van der Waals surface area (Å²) >= 11 is 0. The molecule has 0 bridgehead atoms. The van der Waals surface area contributed by atoms with Crippen molar-refractivity contribution in [1.29, 1.82) is 0 Å². The lowest BCUT2D eigenvalue weighted by atomic mass is 10.1. The van der Waals surface area contributed by atoms with Crippen LogP contribution in [0.5, 0.6) is 0 Å². The summed E-state index contributed by atoms with van der Waals surface area (Å²) < 4.78 is 9.90. The third kappa shape index (κ3) is 3.06. The van der Waals surface area contributed by atoms with Crippen molar-refractivity contribution >= 4 is 5.97 Å². The Morgan fingerprint density at radius 1 is 1.44 bits per heavy atom. The van der Waals surface area contributed by atoms with E-state index in [-0.39, 0.29) is 18.3 Å². The molecule has 0 N–H and O–H groups in total. The summed E-state index contributed by atoms with van der Waals surface area (Å²) in [5, 5.41) is 9.37. The predicted molar refractivity (Wildman–Crippen MR) is 52.0 cm³/mol. The summed E-state index contributed by atoms with van der Waals surface area (Å²) in [7, 11) is 1.44. The molecule has 7 nitrogen and oxygen atoms in total. The lowest BCUT2D eigenvalue weighted by Gasteiger charge is -2.14. The fourth-order valence-corrected chi connectivity index (χ4v) is 1.88. The van der Waals surface area contributed by atoms with Gasteiger partial charge >= 0.3 is 5.97 Å². The molecule has 1 rings (SSSR count). The summed E-state index contributed by atoms with van der Waals surface area (Å²) in [6.45, 7) is 2.01. The first-order chi connectivity index (χ1) is 7.58. The monoisotopic (exact) mass is 233 g/mol. The van der Waals surface area contributed by atoms with Gasteiger partial charge in [0.2, 0.25) is 0 Å². The van der Waals surface area contributed by atoms with E-state index >= 15 is 0 Å². The van der Waals surface area contributed by atoms with Crippen LogP contribution in [0, 0.1) is 16.0 Å². The first-order valence-electron chi connectivity index (χ1n) is 5.09. The first-order valence-corrected chi connectivity index (χ1v) is 5.09. The highest BCUT2D eigenvalue weighted by Gasteiger charge is 2.41. The Bertz CT molecular complexity index is 269. The van der Waals surface area contributed by atoms with Crippen molar-refractivity contribution < 1.29 is 24.2 Å². The highest BCUT2D eigenvalue weighted by Crippen LogP contribution is 2.31. The minimum Gasteiger partial charge on any atom is -0.466 e. The van der Waals surface area contributed by atoms with Gasteiger partial charge in [0.15, 0.2) is 0 Å². The molecule has 0 heterocycles. The molecular weight excluding hydrogens is 218 g/mol. The zero-order valence-corrected chi connectivity index (χ0v) is 9.25. The van der Waals surface area contributed by atoms with Crippen LogP contribution in [0.15, 0.2) is 0 Å². The quantitative estimate of drug-likeness (QED) is 0.391. The minimum atomic E-state index is -0.857. The van der Waals surface area contributed by atoms with Crippen LogP contribution in [0.25, 0.3) is 0 Å². The highest BCUT2D eigenvalue weighted by atomic mass is 17.0. The van der Waals surface area contributed by atoms with Crippen molar-refractivity contribution in [1.82, 2.24) is 0 Å². The van der Waals surface area contributed by atoms with Crippen molar-refractivity contribution in [2.45, 2.75) is 32.0 Å². The molecule has 0 amide bonds. The Kier molecular flexibility index (Phi) is 4.48. The van der Waals surface area contributed by atoms with Gasteiger partial charge in [0.25, 0.3) is 5.09 Å². The average molecular weight is 233 g/mol. The molecule has 0 aromatic rings. The molecule has 0 unspecified atom stereocenters. The molecule has 1 aliphatic rings. The van der Waals surface area contributed by atoms with E-state index in [4.69, 9.17) is 9.47 Å². The number of nitrogens with zero attached hydrogens (tertiary/aromatic N) is 1. The van der Waals surface area contributed by atoms with Crippen LogP contribution in [0.2, 0.25) is 0 Å². The number of rotatable bonds is 5. The van der Waals surface area contributed by atoms with Gasteiger partial charge in [-0.3, -0.25) is 4.79 Å². The highest BCUT2D eigenvalue weighted by molar-refractivity contribution is 5.73. The van der Waals surface area contributed by atoms with Crippen LogP contribution in [-0.4, -0.2) is 37.0 Å². The second kappa shape index (κ2) is 5.64. The van der Waals surface area contributed by atoms with Crippen molar-refractivity contribution in [2.24, 2.45) is 5.92 Å². The number of methoxy groups -OCH3 is 1. The van der Waals surface area contributed by atoms with Crippen molar-refractivity contribution in [3.05, 3.63) is 10.1 Å². The van der Waals surface area contributed by atoms with E-state index in [2.05, 4.69) is 4.84 Å². The predicted octanol–water partition coefficient (Wildman–Crippen LogP) is 0.551. The van der Waals surface area contributed by atoms with Gasteiger partial charge < -0.3 is 14.3 Å². The Balaban J connectivity index is 2.55. The summed E-state index contributed by atoms with van der Waals surface area (Å²) in [6, 6.07) is 0. The maximum atomic E-state index is 11.4. The molecule has 0 aliphatic heterocycles. The molecule has 3 atom stereocenters. The van der Waals surface area contributed by atoms with Gasteiger partial charge in [0.05, 0.1) is 18.6 Å². The Hall–Kier alpha value is -1.37. The lowest BCUT2D eigenvalue weighted by molar-refractivity contribution is -0.770. The smallest absolute Gasteiger partial charge is 0.309 e. The standard InChI is InChI=1S/C9H15NO6/c1-3-15-9(11)6-4-7(14-2)8(5-6)16-10(12)13/h6-8H,3-5H2,1-2H3/t6-,7+,8+/m1/s1. The van der Waals surface area contributed by atoms with E-state index < -0.39 is 17.3 Å². The SMILES string of the molecule is CCOC(=O)[C@@H]1C[C@H](OC)[C@@H](O[N+](=O)[O-])C1. The van der Waals surface area contributed by atoms with Crippen LogP contribution in [0.4, 0.5) is 0 Å².